The second-order valence-electron chi connectivity index (χ2n) is 5.09. The zero-order valence-corrected chi connectivity index (χ0v) is 10.2. The van der Waals surface area contributed by atoms with Crippen LogP contribution in [-0.4, -0.2) is 34.8 Å². The van der Waals surface area contributed by atoms with E-state index in [0.29, 0.717) is 13.2 Å². The molecular formula is C14H17NO3. The maximum Gasteiger partial charge on any atom is 0.410 e. The molecule has 2 aliphatic rings. The summed E-state index contributed by atoms with van der Waals surface area (Å²) in [6, 6.07) is 9.60. The minimum absolute atomic E-state index is 0.0294. The van der Waals surface area contributed by atoms with Gasteiger partial charge in [0.1, 0.15) is 6.61 Å². The van der Waals surface area contributed by atoms with Crippen molar-refractivity contribution in [2.45, 2.75) is 31.6 Å². The van der Waals surface area contributed by atoms with Gasteiger partial charge in [-0.15, -0.1) is 0 Å². The number of fused-ring (bicyclic) bond motifs is 2. The molecule has 1 aliphatic carbocycles. The number of aliphatic hydroxyl groups excluding tert-OH is 1. The van der Waals surface area contributed by atoms with E-state index in [2.05, 4.69) is 0 Å². The highest BCUT2D eigenvalue weighted by molar-refractivity contribution is 5.69. The molecule has 1 saturated heterocycles. The van der Waals surface area contributed by atoms with Gasteiger partial charge in [0.15, 0.2) is 0 Å². The lowest BCUT2D eigenvalue weighted by Gasteiger charge is -2.25. The first-order valence-electron chi connectivity index (χ1n) is 6.41. The van der Waals surface area contributed by atoms with Crippen molar-refractivity contribution in [2.24, 2.45) is 5.92 Å². The number of ether oxygens (including phenoxy) is 1. The fourth-order valence-electron chi connectivity index (χ4n) is 2.98. The lowest BCUT2D eigenvalue weighted by molar-refractivity contribution is 0.0741. The van der Waals surface area contributed by atoms with Gasteiger partial charge in [-0.05, 0) is 18.4 Å². The van der Waals surface area contributed by atoms with Crippen LogP contribution >= 0.6 is 0 Å². The van der Waals surface area contributed by atoms with E-state index in [1.54, 1.807) is 4.90 Å². The van der Waals surface area contributed by atoms with E-state index in [0.717, 1.165) is 18.4 Å². The molecule has 1 heterocycles. The lowest BCUT2D eigenvalue weighted by atomic mass is 10.1. The summed E-state index contributed by atoms with van der Waals surface area (Å²) in [6.45, 7) is 0.934. The number of nitrogens with zero attached hydrogens (tertiary/aromatic N) is 1. The van der Waals surface area contributed by atoms with Crippen molar-refractivity contribution < 1.29 is 14.6 Å². The SMILES string of the molecule is O=C(OCc1ccccc1)N1C[C@H]2CC[C@@H]1C2O. The van der Waals surface area contributed by atoms with Crippen molar-refractivity contribution >= 4 is 6.09 Å². The second-order valence-corrected chi connectivity index (χ2v) is 5.09. The molecule has 2 fully saturated rings. The quantitative estimate of drug-likeness (QED) is 0.866. The van der Waals surface area contributed by atoms with Gasteiger partial charge in [-0.2, -0.15) is 0 Å². The van der Waals surface area contributed by atoms with Crippen molar-refractivity contribution in [1.82, 2.24) is 4.90 Å². The molecule has 1 unspecified atom stereocenters. The van der Waals surface area contributed by atoms with Gasteiger partial charge in [0.2, 0.25) is 0 Å². The maximum atomic E-state index is 11.9. The van der Waals surface area contributed by atoms with Crippen LogP contribution in [0.3, 0.4) is 0 Å². The molecule has 1 N–H and O–H groups in total. The molecule has 0 aromatic heterocycles. The molecule has 0 radical (unpaired) electrons. The Morgan fingerprint density at radius 2 is 2.11 bits per heavy atom. The number of benzene rings is 1. The van der Waals surface area contributed by atoms with Gasteiger partial charge < -0.3 is 14.7 Å². The molecule has 96 valence electrons. The summed E-state index contributed by atoms with van der Waals surface area (Å²) in [5.74, 6) is 0.249. The highest BCUT2D eigenvalue weighted by Gasteiger charge is 2.48. The van der Waals surface area contributed by atoms with E-state index in [9.17, 15) is 9.90 Å². The third kappa shape index (κ3) is 1.97. The average Bonchev–Trinajstić information content (AvgIpc) is 2.93. The zero-order chi connectivity index (χ0) is 12.5. The minimum Gasteiger partial charge on any atom is -0.445 e. The van der Waals surface area contributed by atoms with Crippen LogP contribution in [0.5, 0.6) is 0 Å². The summed E-state index contributed by atoms with van der Waals surface area (Å²) in [5, 5.41) is 9.88. The number of aliphatic hydroxyl groups is 1. The summed E-state index contributed by atoms with van der Waals surface area (Å²) < 4.78 is 5.29. The number of piperidine rings is 1. The van der Waals surface area contributed by atoms with Gasteiger partial charge in [-0.1, -0.05) is 30.3 Å². The van der Waals surface area contributed by atoms with Gasteiger partial charge in [0.25, 0.3) is 0 Å². The van der Waals surface area contributed by atoms with Crippen molar-refractivity contribution in [2.75, 3.05) is 6.54 Å². The van der Waals surface area contributed by atoms with Crippen molar-refractivity contribution in [1.29, 1.82) is 0 Å². The van der Waals surface area contributed by atoms with Crippen LogP contribution in [0.2, 0.25) is 0 Å². The first-order valence-corrected chi connectivity index (χ1v) is 6.41. The highest BCUT2D eigenvalue weighted by atomic mass is 16.6. The van der Waals surface area contributed by atoms with Crippen LogP contribution in [0, 0.1) is 5.92 Å². The molecule has 4 heteroatoms. The van der Waals surface area contributed by atoms with Crippen LogP contribution in [0.15, 0.2) is 30.3 Å². The van der Waals surface area contributed by atoms with E-state index in [1.807, 2.05) is 30.3 Å². The number of rotatable bonds is 2. The first kappa shape index (κ1) is 11.5. The fraction of sp³-hybridized carbons (Fsp3) is 0.500. The summed E-state index contributed by atoms with van der Waals surface area (Å²) in [5.41, 5.74) is 0.982. The molecule has 4 nitrogen and oxygen atoms in total. The molecule has 1 saturated carbocycles. The minimum atomic E-state index is -0.353. The Kier molecular flexibility index (Phi) is 2.96. The number of amides is 1. The van der Waals surface area contributed by atoms with E-state index in [4.69, 9.17) is 4.74 Å². The Morgan fingerprint density at radius 1 is 1.33 bits per heavy atom. The Balaban J connectivity index is 1.57. The third-order valence-electron chi connectivity index (χ3n) is 3.98. The van der Waals surface area contributed by atoms with Gasteiger partial charge in [0, 0.05) is 12.5 Å². The van der Waals surface area contributed by atoms with Crippen molar-refractivity contribution in [3.05, 3.63) is 35.9 Å². The van der Waals surface area contributed by atoms with E-state index in [-0.39, 0.29) is 24.2 Å². The second kappa shape index (κ2) is 4.61. The van der Waals surface area contributed by atoms with Gasteiger partial charge in [0.05, 0.1) is 12.1 Å². The fourth-order valence-corrected chi connectivity index (χ4v) is 2.98. The predicted molar refractivity (Wildman–Crippen MR) is 65.9 cm³/mol. The molecule has 1 aromatic carbocycles. The molecule has 3 rings (SSSR count). The number of likely N-dealkylation sites (tertiary alicyclic amines) is 1. The molecule has 1 aliphatic heterocycles. The Hall–Kier alpha value is -1.55. The summed E-state index contributed by atoms with van der Waals surface area (Å²) in [7, 11) is 0. The number of carbonyl (C=O) groups excluding carboxylic acids is 1. The monoisotopic (exact) mass is 247 g/mol. The normalized spacial score (nSPS) is 29.6. The van der Waals surface area contributed by atoms with Crippen molar-refractivity contribution in [3.63, 3.8) is 0 Å². The van der Waals surface area contributed by atoms with Gasteiger partial charge in [-0.25, -0.2) is 4.79 Å². The van der Waals surface area contributed by atoms with E-state index in [1.165, 1.54) is 0 Å². The van der Waals surface area contributed by atoms with Crippen LogP contribution in [0.4, 0.5) is 4.79 Å². The van der Waals surface area contributed by atoms with Gasteiger partial charge >= 0.3 is 6.09 Å². The third-order valence-corrected chi connectivity index (χ3v) is 3.98. The Morgan fingerprint density at radius 3 is 2.72 bits per heavy atom. The van der Waals surface area contributed by atoms with Crippen LogP contribution < -0.4 is 0 Å². The number of carbonyl (C=O) groups is 1. The zero-order valence-electron chi connectivity index (χ0n) is 10.2. The van der Waals surface area contributed by atoms with Crippen LogP contribution in [0.1, 0.15) is 18.4 Å². The molecule has 1 amide bonds. The smallest absolute Gasteiger partial charge is 0.410 e. The molecule has 3 atom stereocenters. The number of hydrogen-bond acceptors (Lipinski definition) is 3. The summed E-state index contributed by atoms with van der Waals surface area (Å²) in [6.07, 6.45) is 1.26. The standard InChI is InChI=1S/C14H17NO3/c16-13-11-6-7-12(13)15(8-11)14(17)18-9-10-4-2-1-3-5-10/h1-5,11-13,16H,6-9H2/t11-,12-,13?/m1/s1. The lowest BCUT2D eigenvalue weighted by Crippen LogP contribution is -2.39. The molecule has 18 heavy (non-hydrogen) atoms. The highest BCUT2D eigenvalue weighted by Crippen LogP contribution is 2.38. The first-order chi connectivity index (χ1) is 8.75. The topological polar surface area (TPSA) is 49.8 Å². The summed E-state index contributed by atoms with van der Waals surface area (Å²) >= 11 is 0. The Labute approximate surface area is 106 Å². The maximum absolute atomic E-state index is 11.9. The van der Waals surface area contributed by atoms with Crippen LogP contribution in [0.25, 0.3) is 0 Å². The molecule has 0 spiro atoms. The Bertz CT molecular complexity index is 434. The van der Waals surface area contributed by atoms with E-state index >= 15 is 0 Å². The largest absolute Gasteiger partial charge is 0.445 e. The predicted octanol–water partition coefficient (Wildman–Crippen LogP) is 1.78. The molecule has 2 bridgehead atoms. The van der Waals surface area contributed by atoms with E-state index < -0.39 is 0 Å². The van der Waals surface area contributed by atoms with Crippen LogP contribution in [-0.2, 0) is 11.3 Å². The van der Waals surface area contributed by atoms with Crippen molar-refractivity contribution in [3.8, 4) is 0 Å². The average molecular weight is 247 g/mol. The molecular weight excluding hydrogens is 230 g/mol. The summed E-state index contributed by atoms with van der Waals surface area (Å²) in [4.78, 5) is 13.6. The molecule has 1 aromatic rings. The number of hydrogen-bond donors (Lipinski definition) is 1. The van der Waals surface area contributed by atoms with Gasteiger partial charge in [-0.3, -0.25) is 0 Å².